The zero-order valence-corrected chi connectivity index (χ0v) is 13.0. The Morgan fingerprint density at radius 1 is 1.13 bits per heavy atom. The Bertz CT molecular complexity index is 803. The Hall–Kier alpha value is -2.44. The largest absolute Gasteiger partial charge is 0.339 e. The number of carbonyl (C=O) groups excluding carboxylic acids is 3. The van der Waals surface area contributed by atoms with Crippen LogP contribution in [0.5, 0.6) is 0 Å². The van der Waals surface area contributed by atoms with Crippen molar-refractivity contribution in [1.82, 2.24) is 10.0 Å². The zero-order valence-electron chi connectivity index (χ0n) is 11.5. The van der Waals surface area contributed by atoms with Gasteiger partial charge in [-0.15, -0.1) is 0 Å². The number of amides is 2. The van der Waals surface area contributed by atoms with Crippen molar-refractivity contribution in [3.8, 4) is 0 Å². The number of hydroxylamine groups is 2. The molecule has 23 heavy (non-hydrogen) atoms. The molecule has 0 fully saturated rings. The topological polar surface area (TPSA) is 76.6 Å². The number of fused-ring (bicyclic) bond motifs is 1. The lowest BCUT2D eigenvalue weighted by Crippen LogP contribution is -2.33. The third-order valence-corrected chi connectivity index (χ3v) is 3.68. The number of rotatable bonds is 3. The van der Waals surface area contributed by atoms with E-state index in [0.29, 0.717) is 10.1 Å². The number of carbonyl (C=O) groups is 3. The Balaban J connectivity index is 1.74. The van der Waals surface area contributed by atoms with Gasteiger partial charge in [-0.25, -0.2) is 4.79 Å². The zero-order chi connectivity index (χ0) is 16.6. The van der Waals surface area contributed by atoms with Crippen molar-refractivity contribution in [1.29, 1.82) is 0 Å². The van der Waals surface area contributed by atoms with E-state index in [2.05, 4.69) is 4.98 Å². The van der Waals surface area contributed by atoms with Gasteiger partial charge in [-0.2, -0.15) is 0 Å². The Labute approximate surface area is 140 Å². The lowest BCUT2D eigenvalue weighted by Gasteiger charge is -2.12. The molecule has 1 aromatic carbocycles. The molecule has 3 rings (SSSR count). The monoisotopic (exact) mass is 350 g/mol. The van der Waals surface area contributed by atoms with Crippen LogP contribution in [-0.2, 0) is 16.1 Å². The summed E-state index contributed by atoms with van der Waals surface area (Å²) < 4.78 is 0. The van der Waals surface area contributed by atoms with E-state index >= 15 is 0 Å². The number of hydrogen-bond donors (Lipinski definition) is 0. The highest BCUT2D eigenvalue weighted by atomic mass is 35.5. The molecule has 0 bridgehead atoms. The highest BCUT2D eigenvalue weighted by molar-refractivity contribution is 6.34. The second kappa shape index (κ2) is 5.98. The van der Waals surface area contributed by atoms with E-state index in [1.165, 1.54) is 24.4 Å². The number of pyridine rings is 1. The van der Waals surface area contributed by atoms with E-state index in [1.807, 2.05) is 0 Å². The van der Waals surface area contributed by atoms with Crippen molar-refractivity contribution in [2.75, 3.05) is 0 Å². The normalized spacial score (nSPS) is 13.2. The molecule has 0 saturated heterocycles. The van der Waals surface area contributed by atoms with Gasteiger partial charge in [0, 0.05) is 6.20 Å². The molecule has 0 saturated carbocycles. The molecule has 0 aliphatic carbocycles. The predicted molar refractivity (Wildman–Crippen MR) is 81.0 cm³/mol. The molecule has 0 spiro atoms. The van der Waals surface area contributed by atoms with Crippen LogP contribution < -0.4 is 0 Å². The minimum Gasteiger partial charge on any atom is -0.329 e. The van der Waals surface area contributed by atoms with E-state index in [4.69, 9.17) is 28.0 Å². The maximum atomic E-state index is 12.1. The summed E-state index contributed by atoms with van der Waals surface area (Å²) in [5, 5.41) is 0.959. The first-order valence-corrected chi connectivity index (χ1v) is 7.21. The summed E-state index contributed by atoms with van der Waals surface area (Å²) in [7, 11) is 0. The molecule has 8 heteroatoms. The summed E-state index contributed by atoms with van der Waals surface area (Å²) in [6, 6.07) is 7.64. The number of aromatic nitrogens is 1. The van der Waals surface area contributed by atoms with Gasteiger partial charge in [0.15, 0.2) is 0 Å². The van der Waals surface area contributed by atoms with Crippen LogP contribution in [0.2, 0.25) is 10.0 Å². The molecule has 0 unspecified atom stereocenters. The Kier molecular flexibility index (Phi) is 4.02. The van der Waals surface area contributed by atoms with Gasteiger partial charge in [-0.1, -0.05) is 40.4 Å². The minimum atomic E-state index is -0.837. The van der Waals surface area contributed by atoms with Crippen molar-refractivity contribution in [2.45, 2.75) is 6.42 Å². The number of nitrogens with zero attached hydrogens (tertiary/aromatic N) is 2. The van der Waals surface area contributed by atoms with E-state index in [-0.39, 0.29) is 28.3 Å². The van der Waals surface area contributed by atoms with Crippen LogP contribution in [0.15, 0.2) is 36.5 Å². The molecule has 2 aromatic rings. The molecule has 0 radical (unpaired) electrons. The van der Waals surface area contributed by atoms with Crippen LogP contribution in [-0.4, -0.2) is 27.8 Å². The first-order chi connectivity index (χ1) is 11.0. The van der Waals surface area contributed by atoms with E-state index in [1.54, 1.807) is 12.1 Å². The average molecular weight is 351 g/mol. The fraction of sp³-hybridized carbons (Fsp3) is 0.0667. The quantitative estimate of drug-likeness (QED) is 0.795. The lowest BCUT2D eigenvalue weighted by atomic mass is 10.1. The Morgan fingerprint density at radius 3 is 2.30 bits per heavy atom. The van der Waals surface area contributed by atoms with E-state index in [9.17, 15) is 14.4 Å². The highest BCUT2D eigenvalue weighted by Crippen LogP contribution is 2.23. The van der Waals surface area contributed by atoms with Crippen molar-refractivity contribution in [3.05, 3.63) is 63.4 Å². The third-order valence-electron chi connectivity index (χ3n) is 3.15. The van der Waals surface area contributed by atoms with Crippen LogP contribution in [0.4, 0.5) is 0 Å². The van der Waals surface area contributed by atoms with Gasteiger partial charge in [0.2, 0.25) is 0 Å². The lowest BCUT2D eigenvalue weighted by molar-refractivity contribution is -0.167. The van der Waals surface area contributed by atoms with Crippen LogP contribution in [0.1, 0.15) is 26.4 Å². The van der Waals surface area contributed by atoms with Gasteiger partial charge < -0.3 is 4.84 Å². The first kappa shape index (κ1) is 15.5. The predicted octanol–water partition coefficient (Wildman–Crippen LogP) is 2.69. The van der Waals surface area contributed by atoms with Gasteiger partial charge >= 0.3 is 5.97 Å². The summed E-state index contributed by atoms with van der Waals surface area (Å²) in [6.45, 7) is 0. The van der Waals surface area contributed by atoms with Gasteiger partial charge in [0.05, 0.1) is 33.3 Å². The van der Waals surface area contributed by atoms with Gasteiger partial charge in [0.1, 0.15) is 0 Å². The smallest absolute Gasteiger partial charge is 0.329 e. The SMILES string of the molecule is O=C(Cc1ncc(Cl)cc1Cl)ON1C(=O)c2ccccc2C1=O. The molecule has 0 N–H and O–H groups in total. The molecule has 6 nitrogen and oxygen atoms in total. The van der Waals surface area contributed by atoms with E-state index < -0.39 is 17.8 Å². The first-order valence-electron chi connectivity index (χ1n) is 6.46. The van der Waals surface area contributed by atoms with Crippen LogP contribution >= 0.6 is 23.2 Å². The maximum Gasteiger partial charge on any atom is 0.339 e. The maximum absolute atomic E-state index is 12.1. The molecular weight excluding hydrogens is 343 g/mol. The van der Waals surface area contributed by atoms with Gasteiger partial charge in [0.25, 0.3) is 11.8 Å². The molecule has 0 atom stereocenters. The number of benzene rings is 1. The van der Waals surface area contributed by atoms with Crippen LogP contribution in [0.25, 0.3) is 0 Å². The summed E-state index contributed by atoms with van der Waals surface area (Å²) >= 11 is 11.6. The van der Waals surface area contributed by atoms with Crippen molar-refractivity contribution >= 4 is 41.0 Å². The molecule has 1 aromatic heterocycles. The molecule has 2 amide bonds. The summed E-state index contributed by atoms with van der Waals surface area (Å²) in [5.74, 6) is -2.21. The molecular formula is C15H8Cl2N2O4. The fourth-order valence-corrected chi connectivity index (χ4v) is 2.54. The highest BCUT2D eigenvalue weighted by Gasteiger charge is 2.38. The van der Waals surface area contributed by atoms with Crippen LogP contribution in [0, 0.1) is 0 Å². The van der Waals surface area contributed by atoms with Gasteiger partial charge in [-0.3, -0.25) is 14.6 Å². The summed E-state index contributed by atoms with van der Waals surface area (Å²) in [4.78, 5) is 44.9. The van der Waals surface area contributed by atoms with Gasteiger partial charge in [-0.05, 0) is 18.2 Å². The number of hydrogen-bond acceptors (Lipinski definition) is 5. The molecule has 2 heterocycles. The van der Waals surface area contributed by atoms with Crippen molar-refractivity contribution < 1.29 is 19.2 Å². The summed E-state index contributed by atoms with van der Waals surface area (Å²) in [5.41, 5.74) is 0.610. The number of imide groups is 1. The fourth-order valence-electron chi connectivity index (χ4n) is 2.09. The Morgan fingerprint density at radius 2 is 1.74 bits per heavy atom. The van der Waals surface area contributed by atoms with Crippen LogP contribution in [0.3, 0.4) is 0 Å². The number of halogens is 2. The second-order valence-electron chi connectivity index (χ2n) is 4.67. The molecule has 1 aliphatic rings. The van der Waals surface area contributed by atoms with E-state index in [0.717, 1.165) is 0 Å². The van der Waals surface area contributed by atoms with Crippen molar-refractivity contribution in [2.24, 2.45) is 0 Å². The molecule has 116 valence electrons. The standard InChI is InChI=1S/C15H8Cl2N2O4/c16-8-5-11(17)12(18-7-8)6-13(20)23-19-14(21)9-3-1-2-4-10(9)15(19)22/h1-5,7H,6H2. The summed E-state index contributed by atoms with van der Waals surface area (Å²) in [6.07, 6.45) is 1.03. The second-order valence-corrected chi connectivity index (χ2v) is 5.52. The van der Waals surface area contributed by atoms with Crippen molar-refractivity contribution in [3.63, 3.8) is 0 Å². The molecule has 1 aliphatic heterocycles. The average Bonchev–Trinajstić information content (AvgIpc) is 2.76. The third kappa shape index (κ3) is 2.91. The minimum absolute atomic E-state index is 0.188.